The number of alkyl halides is 3. The summed E-state index contributed by atoms with van der Waals surface area (Å²) < 4.78 is 38.4. The van der Waals surface area contributed by atoms with Crippen LogP contribution in [0.3, 0.4) is 0 Å². The molecule has 108 valence electrons. The van der Waals surface area contributed by atoms with Gasteiger partial charge in [0.25, 0.3) is 0 Å². The van der Waals surface area contributed by atoms with Gasteiger partial charge in [-0.25, -0.2) is 0 Å². The molecule has 0 aliphatic carbocycles. The van der Waals surface area contributed by atoms with E-state index in [2.05, 4.69) is 10.6 Å². The molecule has 0 radical (unpaired) electrons. The topological polar surface area (TPSA) is 47.9 Å². The molecule has 1 saturated heterocycles. The Morgan fingerprint density at radius 3 is 2.80 bits per heavy atom. The van der Waals surface area contributed by atoms with Gasteiger partial charge in [-0.3, -0.25) is 0 Å². The molecular formula is C14H16F3N3. The van der Waals surface area contributed by atoms with Crippen LogP contribution in [0.4, 0.5) is 18.9 Å². The van der Waals surface area contributed by atoms with Crippen molar-refractivity contribution in [1.82, 2.24) is 5.32 Å². The smallest absolute Gasteiger partial charge is 0.385 e. The fourth-order valence-electron chi connectivity index (χ4n) is 2.37. The molecule has 0 saturated carbocycles. The molecule has 1 aromatic rings. The molecule has 1 atom stereocenters. The molecule has 2 N–H and O–H groups in total. The third-order valence-electron chi connectivity index (χ3n) is 3.49. The highest BCUT2D eigenvalue weighted by atomic mass is 19.4. The average Bonchev–Trinajstić information content (AvgIpc) is 2.91. The van der Waals surface area contributed by atoms with Crippen molar-refractivity contribution in [3.05, 3.63) is 29.3 Å². The van der Waals surface area contributed by atoms with Crippen LogP contribution in [-0.4, -0.2) is 19.6 Å². The number of halogens is 3. The Bertz CT molecular complexity index is 499. The van der Waals surface area contributed by atoms with Gasteiger partial charge in [0.15, 0.2) is 0 Å². The van der Waals surface area contributed by atoms with Gasteiger partial charge in [0.05, 0.1) is 17.2 Å². The summed E-state index contributed by atoms with van der Waals surface area (Å²) in [5.74, 6) is 0.586. The Morgan fingerprint density at radius 1 is 1.40 bits per heavy atom. The van der Waals surface area contributed by atoms with Crippen molar-refractivity contribution in [1.29, 1.82) is 5.26 Å². The number of nitrogens with zero attached hydrogens (tertiary/aromatic N) is 1. The van der Waals surface area contributed by atoms with Gasteiger partial charge >= 0.3 is 6.18 Å². The van der Waals surface area contributed by atoms with E-state index < -0.39 is 11.7 Å². The van der Waals surface area contributed by atoms with Crippen LogP contribution in [0.2, 0.25) is 0 Å². The van der Waals surface area contributed by atoms with E-state index in [1.54, 1.807) is 6.07 Å². The van der Waals surface area contributed by atoms with Crippen molar-refractivity contribution in [3.63, 3.8) is 0 Å². The van der Waals surface area contributed by atoms with Crippen LogP contribution in [0.5, 0.6) is 0 Å². The highest BCUT2D eigenvalue weighted by molar-refractivity contribution is 5.53. The Labute approximate surface area is 115 Å². The largest absolute Gasteiger partial charge is 0.417 e. The quantitative estimate of drug-likeness (QED) is 0.893. The molecule has 0 spiro atoms. The first-order valence-corrected chi connectivity index (χ1v) is 6.56. The van der Waals surface area contributed by atoms with E-state index in [0.29, 0.717) is 18.2 Å². The predicted molar refractivity (Wildman–Crippen MR) is 70.2 cm³/mol. The maximum atomic E-state index is 12.8. The third-order valence-corrected chi connectivity index (χ3v) is 3.49. The highest BCUT2D eigenvalue weighted by Gasteiger charge is 2.33. The molecule has 1 heterocycles. The normalized spacial score (nSPS) is 18.8. The van der Waals surface area contributed by atoms with Crippen LogP contribution in [-0.2, 0) is 6.18 Å². The van der Waals surface area contributed by atoms with Gasteiger partial charge in [-0.05, 0) is 50.0 Å². The van der Waals surface area contributed by atoms with Crippen LogP contribution in [0, 0.1) is 17.2 Å². The number of rotatable bonds is 4. The minimum Gasteiger partial charge on any atom is -0.385 e. The van der Waals surface area contributed by atoms with Crippen LogP contribution in [0.1, 0.15) is 24.0 Å². The minimum absolute atomic E-state index is 0.344. The summed E-state index contributed by atoms with van der Waals surface area (Å²) in [6.07, 6.45) is -2.46. The van der Waals surface area contributed by atoms with E-state index in [1.807, 2.05) is 0 Å². The van der Waals surface area contributed by atoms with Gasteiger partial charge in [-0.15, -0.1) is 0 Å². The monoisotopic (exact) mass is 283 g/mol. The first-order chi connectivity index (χ1) is 9.50. The molecule has 1 aromatic carbocycles. The molecule has 0 aromatic heterocycles. The summed E-state index contributed by atoms with van der Waals surface area (Å²) in [4.78, 5) is 0. The van der Waals surface area contributed by atoms with Gasteiger partial charge in [0.2, 0.25) is 0 Å². The number of anilines is 1. The summed E-state index contributed by atoms with van der Waals surface area (Å²) >= 11 is 0. The SMILES string of the molecule is N#Cc1ccc(NCCC2CCNC2)cc1C(F)(F)F. The van der Waals surface area contributed by atoms with E-state index in [-0.39, 0.29) is 5.56 Å². The second-order valence-corrected chi connectivity index (χ2v) is 4.94. The molecule has 6 heteroatoms. The van der Waals surface area contributed by atoms with Crippen LogP contribution >= 0.6 is 0 Å². The summed E-state index contributed by atoms with van der Waals surface area (Å²) in [5, 5.41) is 15.0. The molecular weight excluding hydrogens is 267 g/mol. The summed E-state index contributed by atoms with van der Waals surface area (Å²) in [6.45, 7) is 2.62. The molecule has 20 heavy (non-hydrogen) atoms. The lowest BCUT2D eigenvalue weighted by molar-refractivity contribution is -0.137. The molecule has 1 unspecified atom stereocenters. The number of nitriles is 1. The molecule has 0 bridgehead atoms. The molecule has 1 aliphatic heterocycles. The van der Waals surface area contributed by atoms with E-state index >= 15 is 0 Å². The van der Waals surface area contributed by atoms with Crippen LogP contribution in [0.15, 0.2) is 18.2 Å². The first-order valence-electron chi connectivity index (χ1n) is 6.56. The Morgan fingerprint density at radius 2 is 2.20 bits per heavy atom. The lowest BCUT2D eigenvalue weighted by Crippen LogP contribution is -2.13. The molecule has 3 nitrogen and oxygen atoms in total. The second-order valence-electron chi connectivity index (χ2n) is 4.94. The van der Waals surface area contributed by atoms with Crippen molar-refractivity contribution >= 4 is 5.69 Å². The zero-order valence-corrected chi connectivity index (χ0v) is 10.9. The fraction of sp³-hybridized carbons (Fsp3) is 0.500. The lowest BCUT2D eigenvalue weighted by atomic mass is 10.0. The van der Waals surface area contributed by atoms with Crippen molar-refractivity contribution in [2.45, 2.75) is 19.0 Å². The van der Waals surface area contributed by atoms with Crippen molar-refractivity contribution in [2.24, 2.45) is 5.92 Å². The molecule has 1 fully saturated rings. The van der Waals surface area contributed by atoms with E-state index in [0.717, 1.165) is 32.0 Å². The molecule has 2 rings (SSSR count). The first kappa shape index (κ1) is 14.7. The van der Waals surface area contributed by atoms with Crippen molar-refractivity contribution in [2.75, 3.05) is 25.0 Å². The summed E-state index contributed by atoms with van der Waals surface area (Å²) in [5.41, 5.74) is -0.821. The number of hydrogen-bond donors (Lipinski definition) is 2. The van der Waals surface area contributed by atoms with Gasteiger partial charge in [0, 0.05) is 12.2 Å². The molecule has 0 amide bonds. The van der Waals surface area contributed by atoms with Crippen molar-refractivity contribution in [3.8, 4) is 6.07 Å². The highest BCUT2D eigenvalue weighted by Crippen LogP contribution is 2.33. The summed E-state index contributed by atoms with van der Waals surface area (Å²) in [7, 11) is 0. The molecule has 1 aliphatic rings. The Hall–Kier alpha value is -1.74. The van der Waals surface area contributed by atoms with E-state index in [1.165, 1.54) is 12.1 Å². The number of nitrogens with one attached hydrogen (secondary N) is 2. The zero-order valence-electron chi connectivity index (χ0n) is 10.9. The third kappa shape index (κ3) is 3.64. The van der Waals surface area contributed by atoms with Gasteiger partial charge in [0.1, 0.15) is 0 Å². The fourth-order valence-corrected chi connectivity index (χ4v) is 2.37. The van der Waals surface area contributed by atoms with E-state index in [4.69, 9.17) is 5.26 Å². The Balaban J connectivity index is 2.00. The van der Waals surface area contributed by atoms with Gasteiger partial charge in [-0.1, -0.05) is 0 Å². The zero-order chi connectivity index (χ0) is 14.6. The van der Waals surface area contributed by atoms with E-state index in [9.17, 15) is 13.2 Å². The van der Waals surface area contributed by atoms with Gasteiger partial charge in [-0.2, -0.15) is 18.4 Å². The second kappa shape index (κ2) is 6.14. The van der Waals surface area contributed by atoms with Gasteiger partial charge < -0.3 is 10.6 Å². The summed E-state index contributed by atoms with van der Waals surface area (Å²) in [6, 6.07) is 5.30. The van der Waals surface area contributed by atoms with Crippen LogP contribution < -0.4 is 10.6 Å². The number of benzene rings is 1. The predicted octanol–water partition coefficient (Wildman–Crippen LogP) is 2.99. The maximum Gasteiger partial charge on any atom is 0.417 e. The van der Waals surface area contributed by atoms with Crippen molar-refractivity contribution < 1.29 is 13.2 Å². The standard InChI is InChI=1S/C14H16F3N3/c15-14(16,17)13-7-12(2-1-11(13)8-18)20-6-4-10-3-5-19-9-10/h1-2,7,10,19-20H,3-6,9H2. The average molecular weight is 283 g/mol. The Kier molecular flexibility index (Phi) is 4.50. The lowest BCUT2D eigenvalue weighted by Gasteiger charge is -2.13. The minimum atomic E-state index is -4.50. The van der Waals surface area contributed by atoms with Crippen LogP contribution in [0.25, 0.3) is 0 Å². The number of hydrogen-bond acceptors (Lipinski definition) is 3. The maximum absolute atomic E-state index is 12.8.